The minimum absolute atomic E-state index is 0.0389. The Kier molecular flexibility index (Phi) is 3.31. The fraction of sp³-hybridized carbons (Fsp3) is 0.562. The van der Waals surface area contributed by atoms with Gasteiger partial charge in [-0.05, 0) is 18.4 Å². The number of rotatable bonds is 4. The van der Waals surface area contributed by atoms with Crippen LogP contribution in [-0.2, 0) is 4.79 Å². The molecule has 3 heteroatoms. The quantitative estimate of drug-likeness (QED) is 0.897. The smallest absolute Gasteiger partial charge is 0.240 e. The topological polar surface area (TPSA) is 32.3 Å². The van der Waals surface area contributed by atoms with Crippen molar-refractivity contribution in [3.8, 4) is 0 Å². The monoisotopic (exact) mass is 258 g/mol. The molecular formula is C16H22N2O. The third-order valence-electron chi connectivity index (χ3n) is 4.16. The molecule has 1 aliphatic carbocycles. The van der Waals surface area contributed by atoms with E-state index in [-0.39, 0.29) is 6.04 Å². The van der Waals surface area contributed by atoms with Crippen molar-refractivity contribution in [1.82, 2.24) is 10.2 Å². The van der Waals surface area contributed by atoms with Crippen LogP contribution in [0.2, 0.25) is 0 Å². The Labute approximate surface area is 115 Å². The molecular weight excluding hydrogens is 236 g/mol. The summed E-state index contributed by atoms with van der Waals surface area (Å²) < 4.78 is 0. The summed E-state index contributed by atoms with van der Waals surface area (Å²) in [6.45, 7) is 5.11. The van der Waals surface area contributed by atoms with Crippen molar-refractivity contribution in [1.29, 1.82) is 0 Å². The Morgan fingerprint density at radius 3 is 2.68 bits per heavy atom. The number of carbonyl (C=O) groups excluding carboxylic acids is 1. The predicted molar refractivity (Wildman–Crippen MR) is 76.0 cm³/mol. The molecule has 1 saturated heterocycles. The van der Waals surface area contributed by atoms with E-state index in [1.807, 2.05) is 6.07 Å². The summed E-state index contributed by atoms with van der Waals surface area (Å²) in [4.78, 5) is 14.5. The molecule has 3 atom stereocenters. The summed E-state index contributed by atoms with van der Waals surface area (Å²) >= 11 is 0. The zero-order valence-corrected chi connectivity index (χ0v) is 11.7. The third kappa shape index (κ3) is 2.52. The molecule has 1 amide bonds. The van der Waals surface area contributed by atoms with Crippen LogP contribution in [0.15, 0.2) is 30.3 Å². The van der Waals surface area contributed by atoms with Crippen molar-refractivity contribution in [3.63, 3.8) is 0 Å². The lowest BCUT2D eigenvalue weighted by molar-refractivity contribution is -0.130. The van der Waals surface area contributed by atoms with Gasteiger partial charge in [-0.3, -0.25) is 4.79 Å². The highest BCUT2D eigenvalue weighted by molar-refractivity contribution is 5.84. The molecule has 3 nitrogen and oxygen atoms in total. The largest absolute Gasteiger partial charge is 0.338 e. The molecule has 102 valence electrons. The van der Waals surface area contributed by atoms with Gasteiger partial charge in [0.05, 0.1) is 6.04 Å². The van der Waals surface area contributed by atoms with E-state index < -0.39 is 0 Å². The molecule has 3 unspecified atom stereocenters. The molecule has 0 spiro atoms. The first-order valence-electron chi connectivity index (χ1n) is 7.28. The number of nitrogens with zero attached hydrogens (tertiary/aromatic N) is 1. The van der Waals surface area contributed by atoms with Crippen LogP contribution < -0.4 is 5.32 Å². The predicted octanol–water partition coefficient (Wildman–Crippen LogP) is 2.14. The summed E-state index contributed by atoms with van der Waals surface area (Å²) in [6, 6.07) is 11.4. The highest BCUT2D eigenvalue weighted by Gasteiger charge is 2.48. The average molecular weight is 258 g/mol. The number of carbonyl (C=O) groups is 1. The number of amides is 1. The molecule has 1 aromatic rings. The van der Waals surface area contributed by atoms with Crippen LogP contribution in [-0.4, -0.2) is 35.5 Å². The lowest BCUT2D eigenvalue weighted by atomic mass is 10.1. The first-order valence-corrected chi connectivity index (χ1v) is 7.28. The second-order valence-electron chi connectivity index (χ2n) is 6.01. The van der Waals surface area contributed by atoms with Crippen LogP contribution >= 0.6 is 0 Å². The van der Waals surface area contributed by atoms with Gasteiger partial charge in [0.15, 0.2) is 0 Å². The zero-order valence-electron chi connectivity index (χ0n) is 11.7. The summed E-state index contributed by atoms with van der Waals surface area (Å²) in [5.41, 5.74) is 1.38. The fourth-order valence-corrected chi connectivity index (χ4v) is 3.17. The van der Waals surface area contributed by atoms with E-state index in [0.717, 1.165) is 19.4 Å². The van der Waals surface area contributed by atoms with Crippen molar-refractivity contribution in [2.45, 2.75) is 50.7 Å². The minimum atomic E-state index is 0.0389. The maximum absolute atomic E-state index is 12.4. The second-order valence-corrected chi connectivity index (χ2v) is 6.01. The van der Waals surface area contributed by atoms with Gasteiger partial charge in [0.25, 0.3) is 0 Å². The van der Waals surface area contributed by atoms with Crippen molar-refractivity contribution >= 4 is 5.91 Å². The molecule has 0 bridgehead atoms. The fourth-order valence-electron chi connectivity index (χ4n) is 3.17. The van der Waals surface area contributed by atoms with E-state index in [1.54, 1.807) is 0 Å². The van der Waals surface area contributed by atoms with Crippen LogP contribution in [0.1, 0.15) is 38.2 Å². The number of benzene rings is 1. The molecule has 19 heavy (non-hydrogen) atoms. The summed E-state index contributed by atoms with van der Waals surface area (Å²) in [5, 5.41) is 3.37. The van der Waals surface area contributed by atoms with Gasteiger partial charge in [0.1, 0.15) is 0 Å². The number of nitrogens with one attached hydrogen (secondary N) is 1. The van der Waals surface area contributed by atoms with Crippen LogP contribution in [0.4, 0.5) is 0 Å². The SMILES string of the molecule is CC(C)NC1CCN(C2CC2c2ccccc2)C1=O. The lowest BCUT2D eigenvalue weighted by Crippen LogP contribution is -2.42. The summed E-state index contributed by atoms with van der Waals surface area (Å²) in [7, 11) is 0. The highest BCUT2D eigenvalue weighted by atomic mass is 16.2. The molecule has 1 aromatic carbocycles. The second kappa shape index (κ2) is 4.97. The molecule has 1 saturated carbocycles. The Morgan fingerprint density at radius 1 is 1.26 bits per heavy atom. The van der Waals surface area contributed by atoms with Gasteiger partial charge < -0.3 is 10.2 Å². The van der Waals surface area contributed by atoms with E-state index in [1.165, 1.54) is 5.56 Å². The molecule has 0 aromatic heterocycles. The van der Waals surface area contributed by atoms with E-state index in [0.29, 0.717) is 23.9 Å². The lowest BCUT2D eigenvalue weighted by Gasteiger charge is -2.18. The Hall–Kier alpha value is -1.35. The molecule has 2 fully saturated rings. The third-order valence-corrected chi connectivity index (χ3v) is 4.16. The van der Waals surface area contributed by atoms with Crippen molar-refractivity contribution < 1.29 is 4.79 Å². The first-order chi connectivity index (χ1) is 9.16. The normalized spacial score (nSPS) is 30.2. The van der Waals surface area contributed by atoms with Crippen molar-refractivity contribution in [3.05, 3.63) is 35.9 Å². The standard InChI is InChI=1S/C16H22N2O/c1-11(2)17-14-8-9-18(16(14)19)15-10-13(15)12-6-4-3-5-7-12/h3-7,11,13-15,17H,8-10H2,1-2H3. The van der Waals surface area contributed by atoms with Crippen LogP contribution in [0.5, 0.6) is 0 Å². The summed E-state index contributed by atoms with van der Waals surface area (Å²) in [6.07, 6.45) is 2.08. The van der Waals surface area contributed by atoms with Gasteiger partial charge in [-0.15, -0.1) is 0 Å². The minimum Gasteiger partial charge on any atom is -0.338 e. The Morgan fingerprint density at radius 2 is 2.00 bits per heavy atom. The van der Waals surface area contributed by atoms with E-state index >= 15 is 0 Å². The van der Waals surface area contributed by atoms with Crippen molar-refractivity contribution in [2.24, 2.45) is 0 Å². The van der Waals surface area contributed by atoms with Crippen LogP contribution in [0, 0.1) is 0 Å². The number of hydrogen-bond donors (Lipinski definition) is 1. The maximum Gasteiger partial charge on any atom is 0.240 e. The van der Waals surface area contributed by atoms with Gasteiger partial charge in [-0.2, -0.15) is 0 Å². The van der Waals surface area contributed by atoms with Crippen LogP contribution in [0.25, 0.3) is 0 Å². The maximum atomic E-state index is 12.4. The van der Waals surface area contributed by atoms with Crippen molar-refractivity contribution in [2.75, 3.05) is 6.54 Å². The Balaban J connectivity index is 1.62. The van der Waals surface area contributed by atoms with Crippen LogP contribution in [0.3, 0.4) is 0 Å². The number of likely N-dealkylation sites (tertiary alicyclic amines) is 1. The van der Waals surface area contributed by atoms with Gasteiger partial charge >= 0.3 is 0 Å². The van der Waals surface area contributed by atoms with E-state index in [2.05, 4.69) is 48.3 Å². The first kappa shape index (κ1) is 12.7. The molecule has 0 radical (unpaired) electrons. The highest BCUT2D eigenvalue weighted by Crippen LogP contribution is 2.45. The molecule has 2 aliphatic rings. The molecule has 1 heterocycles. The van der Waals surface area contributed by atoms with Gasteiger partial charge in [-0.1, -0.05) is 44.2 Å². The van der Waals surface area contributed by atoms with Gasteiger partial charge in [0.2, 0.25) is 5.91 Å². The summed E-state index contributed by atoms with van der Waals surface area (Å²) in [5.74, 6) is 0.861. The van der Waals surface area contributed by atoms with E-state index in [4.69, 9.17) is 0 Å². The molecule has 1 aliphatic heterocycles. The van der Waals surface area contributed by atoms with E-state index in [9.17, 15) is 4.79 Å². The van der Waals surface area contributed by atoms with Gasteiger partial charge in [0, 0.05) is 24.5 Å². The molecule has 1 N–H and O–H groups in total. The zero-order chi connectivity index (χ0) is 13.4. The Bertz CT molecular complexity index is 457. The van der Waals surface area contributed by atoms with Gasteiger partial charge in [-0.25, -0.2) is 0 Å². The molecule has 3 rings (SSSR count). The average Bonchev–Trinajstić information content (AvgIpc) is 3.11. The number of hydrogen-bond acceptors (Lipinski definition) is 2.